The number of nitrogens with one attached hydrogen (secondary N) is 5. The number of nitrogens with zero attached hydrogens (tertiary/aromatic N) is 15. The number of phenolic OH excluding ortho intramolecular Hbond substituents is 1. The first-order valence-corrected chi connectivity index (χ1v) is 50.3. The fraction of sp³-hybridized carbons (Fsp3) is 0.0893. The van der Waals surface area contributed by atoms with E-state index in [-0.39, 0.29) is 24.7 Å². The van der Waals surface area contributed by atoms with Crippen LogP contribution in [0, 0.1) is 26.7 Å². The van der Waals surface area contributed by atoms with Gasteiger partial charge < -0.3 is 46.3 Å². The molecular weight excluding hydrogens is 1910 g/mol. The van der Waals surface area contributed by atoms with Gasteiger partial charge in [0.2, 0.25) is 0 Å². The van der Waals surface area contributed by atoms with Gasteiger partial charge in [0.25, 0.3) is 0 Å². The first-order valence-electron chi connectivity index (χ1n) is 46.2. The number of anilines is 10. The zero-order chi connectivity index (χ0) is 99.1. The Morgan fingerprint density at radius 3 is 0.841 bits per heavy atom. The Kier molecular flexibility index (Phi) is 28.7. The Hall–Kier alpha value is -17.8. The lowest BCUT2D eigenvalue weighted by atomic mass is 10.2. The van der Waals surface area contributed by atoms with Gasteiger partial charge in [0.05, 0.1) is 68.6 Å². The number of benzene rings is 10. The van der Waals surface area contributed by atoms with Gasteiger partial charge in [0.15, 0.2) is 57.3 Å². The Morgan fingerprint density at radius 2 is 0.572 bits per heavy atom. The summed E-state index contributed by atoms with van der Waals surface area (Å²) in [6.07, 6.45) is 13.1. The Bertz CT molecular complexity index is 8610. The van der Waals surface area contributed by atoms with Crippen molar-refractivity contribution in [2.75, 3.05) is 46.4 Å². The molecule has 0 radical (unpaired) electrons. The molecule has 0 saturated heterocycles. The highest BCUT2D eigenvalue weighted by Gasteiger charge is 2.24. The van der Waals surface area contributed by atoms with Crippen LogP contribution in [0.25, 0.3) is 132 Å². The number of rotatable bonds is 22. The molecular formula is C112H88N20O8S5. The summed E-state index contributed by atoms with van der Waals surface area (Å²) in [5.74, 6) is 6.63. The van der Waals surface area contributed by atoms with Gasteiger partial charge >= 0.3 is 12.3 Å². The van der Waals surface area contributed by atoms with Gasteiger partial charge in [-0.15, -0.1) is 82.2 Å². The smallest absolute Gasteiger partial charge is 0.373 e. The number of ether oxygens (including phenoxy) is 2. The van der Waals surface area contributed by atoms with Gasteiger partial charge in [-0.2, -0.15) is 19.2 Å². The maximum absolute atomic E-state index is 9.69. The maximum atomic E-state index is 9.69. The standard InChI is InChI=1S/C25H22N4OS.C24H22N4O2S.C21H16N4OS.2C20H14N4S.2CO2/c1-16-12-19(8-9-21(16)30-15-17-6-7-17)27-24-10-11-25-26-14-20(29(25)28-24)23-13-18-4-2-3-5-22(18)31-23;1-16-13-18(7-8-20(16)30-12-4-11-29)26-23-9-10-24-25-15-19(28(24)27-23)22-14-17-5-2-3-6-21(17)31-22;1-13-10-15(6-7-17(13)26)23-20-8-9-21-22-12-16(25(21)24-20)19-11-14-4-2-3-5-18(14)27-19;2*1-2-7-15(8-3-1)22-19-10-11-20-21-13-16(24(20)23-19)18-12-14-6-4-5-9-17(14)25-18;2*2-1-3/h2-5,8-14,17H,6-7,15H2,1H3,(H,27,28);2-3,5-10,13-15,29H,4,11-12H2,1H3,(H,26,27);2-12,26H,1H3,(H,23,24);2*1-13H,(H,22,23);;. The highest BCUT2D eigenvalue weighted by atomic mass is 32.1. The van der Waals surface area contributed by atoms with Crippen molar-refractivity contribution in [3.05, 3.63) is 375 Å². The summed E-state index contributed by atoms with van der Waals surface area (Å²) < 4.78 is 27.4. The molecule has 714 valence electrons. The number of para-hydroxylation sites is 2. The van der Waals surface area contributed by atoms with Crippen molar-refractivity contribution in [2.24, 2.45) is 5.92 Å². The van der Waals surface area contributed by atoms with E-state index in [0.29, 0.717) is 18.8 Å². The lowest BCUT2D eigenvalue weighted by Gasteiger charge is -2.11. The lowest BCUT2D eigenvalue weighted by Crippen LogP contribution is -2.02. The van der Waals surface area contributed by atoms with Crippen LogP contribution in [-0.2, 0) is 19.2 Å². The van der Waals surface area contributed by atoms with E-state index in [9.17, 15) is 5.11 Å². The highest BCUT2D eigenvalue weighted by Crippen LogP contribution is 2.42. The van der Waals surface area contributed by atoms with Crippen LogP contribution in [0.3, 0.4) is 0 Å². The van der Waals surface area contributed by atoms with E-state index in [1.165, 1.54) is 63.3 Å². The molecule has 0 aliphatic heterocycles. The lowest BCUT2D eigenvalue weighted by molar-refractivity contribution is -0.193. The van der Waals surface area contributed by atoms with Crippen LogP contribution in [0.4, 0.5) is 57.5 Å². The molecule has 15 heterocycles. The number of fused-ring (bicyclic) bond motifs is 10. The molecule has 28 nitrogen and oxygen atoms in total. The molecule has 1 saturated carbocycles. The zero-order valence-electron chi connectivity index (χ0n) is 78.0. The predicted molar refractivity (Wildman–Crippen MR) is 579 cm³/mol. The quantitative estimate of drug-likeness (QED) is 0.0245. The van der Waals surface area contributed by atoms with Gasteiger partial charge in [-0.1, -0.05) is 127 Å². The first-order chi connectivity index (χ1) is 71.2. The number of thiophene rings is 5. The summed E-state index contributed by atoms with van der Waals surface area (Å²) in [4.78, 5) is 60.8. The monoisotopic (exact) mass is 2000 g/mol. The first kappa shape index (κ1) is 94.8. The van der Waals surface area contributed by atoms with E-state index in [0.717, 1.165) is 174 Å². The SMILES string of the molecule is Cc1cc(Nc2ccc3ncc(-c4cc5ccccc5s4)n3n2)ccc1O.Cc1cc(Nc2ccc3ncc(-c4cc5ccccc5s4)n3n2)ccc1OCC1CC1.Cc1cc(Nc2ccc3ncc(-c4cc5ccccc5s4)n3n2)ccc1OCCCO.O=C=O.O=C=O.c1ccc(Nc2ccc3ncc(-c4cc5ccccc5s4)n3n2)cc1.c1ccc(Nc2ccc3ncc(-c4cc5ccccc5s4)n3n2)cc1. The second-order valence-corrected chi connectivity index (χ2v) is 39.0. The highest BCUT2D eigenvalue weighted by molar-refractivity contribution is 7.23. The summed E-state index contributed by atoms with van der Waals surface area (Å²) in [5.41, 5.74) is 16.9. The van der Waals surface area contributed by atoms with Crippen molar-refractivity contribution in [1.82, 2.24) is 73.0 Å². The maximum Gasteiger partial charge on any atom is 0.373 e. The molecule has 15 aromatic heterocycles. The summed E-state index contributed by atoms with van der Waals surface area (Å²) in [6.45, 7) is 7.42. The Labute approximate surface area is 848 Å². The van der Waals surface area contributed by atoms with Crippen molar-refractivity contribution >= 4 is 205 Å². The van der Waals surface area contributed by atoms with Crippen LogP contribution in [0.5, 0.6) is 17.2 Å². The van der Waals surface area contributed by atoms with E-state index < -0.39 is 0 Å². The summed E-state index contributed by atoms with van der Waals surface area (Å²) in [5, 5.41) is 65.3. The Balaban J connectivity index is 0.000000109. The second-order valence-electron chi connectivity index (χ2n) is 33.6. The van der Waals surface area contributed by atoms with Crippen LogP contribution in [0.2, 0.25) is 0 Å². The molecule has 10 aromatic carbocycles. The molecule has 0 atom stereocenters. The summed E-state index contributed by atoms with van der Waals surface area (Å²) >= 11 is 8.75. The summed E-state index contributed by atoms with van der Waals surface area (Å²) in [7, 11) is 0. The largest absolute Gasteiger partial charge is 0.508 e. The van der Waals surface area contributed by atoms with Crippen molar-refractivity contribution in [3.8, 4) is 70.1 Å². The Morgan fingerprint density at radius 1 is 0.310 bits per heavy atom. The van der Waals surface area contributed by atoms with Gasteiger partial charge in [-0.25, -0.2) is 47.5 Å². The van der Waals surface area contributed by atoms with E-state index in [4.69, 9.17) is 59.3 Å². The van der Waals surface area contributed by atoms with Crippen molar-refractivity contribution < 1.29 is 38.9 Å². The minimum Gasteiger partial charge on any atom is -0.508 e. The van der Waals surface area contributed by atoms with Crippen molar-refractivity contribution in [3.63, 3.8) is 0 Å². The average Bonchev–Trinajstić information content (AvgIpc) is 1.65. The van der Waals surface area contributed by atoms with Crippen molar-refractivity contribution in [1.29, 1.82) is 0 Å². The van der Waals surface area contributed by atoms with Crippen LogP contribution in [0.15, 0.2) is 359 Å². The average molecular weight is 2000 g/mol. The molecule has 7 N–H and O–H groups in total. The number of imidazole rings is 5. The van der Waals surface area contributed by atoms with E-state index in [1.54, 1.807) is 62.8 Å². The second kappa shape index (κ2) is 43.9. The third-order valence-corrected chi connectivity index (χ3v) is 29.1. The molecule has 1 aliphatic carbocycles. The number of carbonyl (C=O) groups excluding carboxylic acids is 4. The molecule has 33 heteroatoms. The summed E-state index contributed by atoms with van der Waals surface area (Å²) in [6, 6.07) is 110. The van der Waals surface area contributed by atoms with Crippen LogP contribution in [-0.4, -0.2) is 115 Å². The van der Waals surface area contributed by atoms with Gasteiger partial charge in [0.1, 0.15) is 45.7 Å². The molecule has 145 heavy (non-hydrogen) atoms. The number of aliphatic hydroxyl groups excluding tert-OH is 1. The number of aryl methyl sites for hydroxylation is 3. The van der Waals surface area contributed by atoms with E-state index >= 15 is 0 Å². The zero-order valence-corrected chi connectivity index (χ0v) is 82.1. The molecule has 26 rings (SSSR count). The topological polar surface area (TPSA) is 338 Å². The molecule has 25 aromatic rings. The minimum atomic E-state index is 0.130. The predicted octanol–water partition coefficient (Wildman–Crippen LogP) is 26.8. The molecule has 0 unspecified atom stereocenters. The van der Waals surface area contributed by atoms with Crippen LogP contribution in [0.1, 0.15) is 36.0 Å². The molecule has 1 aliphatic rings. The molecule has 0 amide bonds. The fourth-order valence-electron chi connectivity index (χ4n) is 16.1. The number of hydrogen-bond acceptors (Lipinski definition) is 28. The molecule has 0 bridgehead atoms. The molecule has 0 spiro atoms. The van der Waals surface area contributed by atoms with Gasteiger partial charge in [-0.05, 0) is 283 Å². The normalized spacial score (nSPS) is 11.4. The number of hydrogen-bond donors (Lipinski definition) is 7. The van der Waals surface area contributed by atoms with Crippen molar-refractivity contribution in [2.45, 2.75) is 40.0 Å². The van der Waals surface area contributed by atoms with Crippen LogP contribution < -0.4 is 36.1 Å². The van der Waals surface area contributed by atoms with E-state index in [1.807, 2.05) is 237 Å². The third kappa shape index (κ3) is 22.3. The van der Waals surface area contributed by atoms with Gasteiger partial charge in [0, 0.05) is 65.0 Å². The number of aromatic nitrogens is 15. The van der Waals surface area contributed by atoms with E-state index in [2.05, 4.69) is 210 Å². The number of aromatic hydroxyl groups is 1. The minimum absolute atomic E-state index is 0.130. The fourth-order valence-corrected chi connectivity index (χ4v) is 21.4. The van der Waals surface area contributed by atoms with Crippen LogP contribution >= 0.6 is 56.7 Å². The third-order valence-electron chi connectivity index (χ3n) is 23.4. The number of phenols is 1. The number of aliphatic hydroxyl groups is 1. The molecule has 1 fully saturated rings. The van der Waals surface area contributed by atoms with Gasteiger partial charge in [-0.3, -0.25) is 0 Å².